The summed E-state index contributed by atoms with van der Waals surface area (Å²) >= 11 is 1.81. The first-order valence-corrected chi connectivity index (χ1v) is 8.76. The summed E-state index contributed by atoms with van der Waals surface area (Å²) in [5.41, 5.74) is 1.65. The molecule has 1 aromatic heterocycles. The number of likely N-dealkylation sites (N-methyl/N-ethyl adjacent to an activating group) is 1. The zero-order valence-electron chi connectivity index (χ0n) is 15.0. The third-order valence-corrected chi connectivity index (χ3v) is 4.94. The summed E-state index contributed by atoms with van der Waals surface area (Å²) in [7, 11) is 1.98. The van der Waals surface area contributed by atoms with Gasteiger partial charge in [-0.3, -0.25) is 4.79 Å². The first kappa shape index (κ1) is 20.7. The number of rotatable bonds is 5. The zero-order valence-corrected chi connectivity index (χ0v) is 16.6. The van der Waals surface area contributed by atoms with Gasteiger partial charge in [-0.2, -0.15) is 0 Å². The average molecular weight is 367 g/mol. The molecule has 0 aliphatic heterocycles. The molecule has 0 spiro atoms. The lowest BCUT2D eigenvalue weighted by Crippen LogP contribution is -2.28. The van der Waals surface area contributed by atoms with E-state index in [-0.39, 0.29) is 24.4 Å². The minimum atomic E-state index is -0.402. The lowest BCUT2D eigenvalue weighted by molar-refractivity contribution is -0.123. The second-order valence-corrected chi connectivity index (χ2v) is 8.17. The van der Waals surface area contributed by atoms with Crippen molar-refractivity contribution in [1.29, 1.82) is 0 Å². The van der Waals surface area contributed by atoms with Crippen LogP contribution in [-0.2, 0) is 11.2 Å². The van der Waals surface area contributed by atoms with Gasteiger partial charge in [-0.25, -0.2) is 0 Å². The number of thiophene rings is 1. The maximum atomic E-state index is 12.3. The monoisotopic (exact) mass is 366 g/mol. The molecule has 2 N–H and O–H groups in total. The molecule has 5 heteroatoms. The highest BCUT2D eigenvalue weighted by atomic mass is 35.5. The van der Waals surface area contributed by atoms with E-state index in [1.54, 1.807) is 0 Å². The van der Waals surface area contributed by atoms with Gasteiger partial charge in [-0.1, -0.05) is 39.0 Å². The van der Waals surface area contributed by atoms with Crippen molar-refractivity contribution in [1.82, 2.24) is 5.32 Å². The number of aryl methyl sites for hydroxylation is 1. The number of anilines is 1. The van der Waals surface area contributed by atoms with Crippen molar-refractivity contribution in [3.63, 3.8) is 0 Å². The van der Waals surface area contributed by atoms with Gasteiger partial charge in [0.2, 0.25) is 5.91 Å². The fourth-order valence-electron chi connectivity index (χ4n) is 2.34. The van der Waals surface area contributed by atoms with Gasteiger partial charge >= 0.3 is 0 Å². The van der Waals surface area contributed by atoms with Crippen LogP contribution in [0.15, 0.2) is 36.4 Å². The van der Waals surface area contributed by atoms with Crippen molar-refractivity contribution >= 4 is 35.3 Å². The molecule has 24 heavy (non-hydrogen) atoms. The van der Waals surface area contributed by atoms with Crippen LogP contribution < -0.4 is 10.6 Å². The Morgan fingerprint density at radius 1 is 1.17 bits per heavy atom. The molecule has 1 unspecified atom stereocenters. The Labute approximate surface area is 155 Å². The van der Waals surface area contributed by atoms with Gasteiger partial charge in [-0.05, 0) is 44.2 Å². The van der Waals surface area contributed by atoms with Gasteiger partial charge in [0.25, 0.3) is 0 Å². The van der Waals surface area contributed by atoms with Crippen molar-refractivity contribution in [3.05, 3.63) is 51.7 Å². The van der Waals surface area contributed by atoms with E-state index >= 15 is 0 Å². The lowest BCUT2D eigenvalue weighted by atomic mass is 9.95. The van der Waals surface area contributed by atoms with Crippen LogP contribution in [0.1, 0.15) is 42.1 Å². The zero-order chi connectivity index (χ0) is 17.0. The number of nitrogens with one attached hydrogen (secondary N) is 2. The normalized spacial score (nSPS) is 12.4. The molecule has 0 aliphatic carbocycles. The highest BCUT2D eigenvalue weighted by molar-refractivity contribution is 7.12. The largest absolute Gasteiger partial charge is 0.325 e. The number of halogens is 1. The third kappa shape index (κ3) is 5.33. The molecule has 1 atom stereocenters. The highest BCUT2D eigenvalue weighted by Gasteiger charge is 2.22. The first-order valence-electron chi connectivity index (χ1n) is 7.94. The molecule has 2 aromatic rings. The van der Waals surface area contributed by atoms with Gasteiger partial charge in [0, 0.05) is 26.9 Å². The molecule has 0 bridgehead atoms. The molecular formula is C19H27ClN2OS. The van der Waals surface area contributed by atoms with Gasteiger partial charge in [0.05, 0.1) is 0 Å². The molecule has 1 heterocycles. The fourth-order valence-corrected chi connectivity index (χ4v) is 3.32. The molecule has 0 fully saturated rings. The fraction of sp³-hybridized carbons (Fsp3) is 0.421. The van der Waals surface area contributed by atoms with E-state index in [4.69, 9.17) is 0 Å². The number of carbonyl (C=O) groups excluding carboxylic acids is 1. The van der Waals surface area contributed by atoms with Crippen LogP contribution in [0.5, 0.6) is 0 Å². The quantitative estimate of drug-likeness (QED) is 0.784. The van der Waals surface area contributed by atoms with Crippen molar-refractivity contribution in [3.8, 4) is 0 Å². The van der Waals surface area contributed by atoms with E-state index in [0.29, 0.717) is 0 Å². The predicted molar refractivity (Wildman–Crippen MR) is 106 cm³/mol. The van der Waals surface area contributed by atoms with Crippen LogP contribution in [-0.4, -0.2) is 13.0 Å². The Balaban J connectivity index is 0.00000288. The minimum Gasteiger partial charge on any atom is -0.325 e. The number of hydrogen-bond acceptors (Lipinski definition) is 3. The van der Waals surface area contributed by atoms with Gasteiger partial charge in [0.1, 0.15) is 0 Å². The van der Waals surface area contributed by atoms with Crippen molar-refractivity contribution < 1.29 is 4.79 Å². The Morgan fingerprint density at radius 3 is 2.38 bits per heavy atom. The summed E-state index contributed by atoms with van der Waals surface area (Å²) in [6.45, 7) is 7.90. The summed E-state index contributed by atoms with van der Waals surface area (Å²) < 4.78 is 0. The number of para-hydroxylation sites is 1. The number of hydrogen-bond donors (Lipinski definition) is 2. The van der Waals surface area contributed by atoms with Gasteiger partial charge in [0.15, 0.2) is 0 Å². The number of benzene rings is 1. The van der Waals surface area contributed by atoms with E-state index in [9.17, 15) is 4.79 Å². The van der Waals surface area contributed by atoms with Crippen LogP contribution in [0, 0.1) is 12.3 Å². The minimum absolute atomic E-state index is 0. The summed E-state index contributed by atoms with van der Waals surface area (Å²) in [6.07, 6.45) is 0.844. The topological polar surface area (TPSA) is 41.1 Å². The molecule has 3 nitrogen and oxygen atoms in total. The second-order valence-electron chi connectivity index (χ2n) is 6.86. The highest BCUT2D eigenvalue weighted by Crippen LogP contribution is 2.28. The maximum Gasteiger partial charge on any atom is 0.229 e. The second kappa shape index (κ2) is 8.65. The van der Waals surface area contributed by atoms with Crippen molar-refractivity contribution in [2.45, 2.75) is 40.2 Å². The van der Waals surface area contributed by atoms with Crippen LogP contribution in [0.4, 0.5) is 5.69 Å². The summed E-state index contributed by atoms with van der Waals surface area (Å²) in [6, 6.07) is 12.6. The lowest BCUT2D eigenvalue weighted by Gasteiger charge is -2.21. The van der Waals surface area contributed by atoms with E-state index in [0.717, 1.165) is 17.7 Å². The van der Waals surface area contributed by atoms with E-state index in [1.807, 2.05) is 57.4 Å². The molecule has 1 aromatic carbocycles. The number of carbonyl (C=O) groups is 1. The standard InChI is InChI=1S/C19H26N2OS.ClH/c1-13-10-11-17(23-13)16(20-5)12-14-8-6-7-9-15(14)21-18(22)19(2,3)4;/h6-11,16,20H,12H2,1-5H3,(H,21,22);1H. The van der Waals surface area contributed by atoms with Crippen molar-refractivity contribution in [2.75, 3.05) is 12.4 Å². The van der Waals surface area contributed by atoms with Crippen molar-refractivity contribution in [2.24, 2.45) is 5.41 Å². The molecule has 1 amide bonds. The molecule has 2 rings (SSSR count). The van der Waals surface area contributed by atoms with E-state index in [1.165, 1.54) is 9.75 Å². The Kier molecular flexibility index (Phi) is 7.46. The SMILES string of the molecule is CNC(Cc1ccccc1NC(=O)C(C)(C)C)c1ccc(C)s1.Cl. The van der Waals surface area contributed by atoms with Gasteiger partial charge < -0.3 is 10.6 Å². The Morgan fingerprint density at radius 2 is 1.83 bits per heavy atom. The Hall–Kier alpha value is -1.36. The van der Waals surface area contributed by atoms with Gasteiger partial charge in [-0.15, -0.1) is 23.7 Å². The van der Waals surface area contributed by atoms with Crippen LogP contribution in [0.25, 0.3) is 0 Å². The van der Waals surface area contributed by atoms with E-state index < -0.39 is 5.41 Å². The Bertz CT molecular complexity index is 676. The molecular weight excluding hydrogens is 340 g/mol. The van der Waals surface area contributed by atoms with Crippen LogP contribution in [0.2, 0.25) is 0 Å². The average Bonchev–Trinajstić information content (AvgIpc) is 2.91. The van der Waals surface area contributed by atoms with Crippen LogP contribution in [0.3, 0.4) is 0 Å². The summed E-state index contributed by atoms with van der Waals surface area (Å²) in [4.78, 5) is 14.9. The molecule has 0 aliphatic rings. The first-order chi connectivity index (χ1) is 10.8. The molecule has 132 valence electrons. The van der Waals surface area contributed by atoms with Crippen LogP contribution >= 0.6 is 23.7 Å². The summed E-state index contributed by atoms with van der Waals surface area (Å²) in [5, 5.41) is 6.46. The summed E-state index contributed by atoms with van der Waals surface area (Å²) in [5.74, 6) is 0.0397. The molecule has 0 saturated carbocycles. The predicted octanol–water partition coefficient (Wildman–Crippen LogP) is 4.97. The third-order valence-electron chi connectivity index (χ3n) is 3.82. The molecule has 0 radical (unpaired) electrons. The smallest absolute Gasteiger partial charge is 0.229 e. The molecule has 0 saturated heterocycles. The maximum absolute atomic E-state index is 12.3. The van der Waals surface area contributed by atoms with E-state index in [2.05, 4.69) is 35.8 Å². The number of amides is 1.